The van der Waals surface area contributed by atoms with Crippen LogP contribution in [-0.4, -0.2) is 37.2 Å². The van der Waals surface area contributed by atoms with E-state index >= 15 is 0 Å². The SMILES string of the molecule is CC/C=C\C/C=C\C/C=C\C/C=C\C/C=C\C/C=C\CCCCCCCCCCCCCCC(=O)OCC(COC(=O)CCCCC/C=C\C/C=C\C/C=C\CC)OC(=O)CCCCCCCCC/C=C\C/C=C\C/C=C\CC. The van der Waals surface area contributed by atoms with Gasteiger partial charge in [0.15, 0.2) is 6.10 Å². The third-order valence-electron chi connectivity index (χ3n) is 13.3. The second kappa shape index (κ2) is 65.8. The Morgan fingerprint density at radius 1 is 0.253 bits per heavy atom. The summed E-state index contributed by atoms with van der Waals surface area (Å²) in [5.41, 5.74) is 0. The summed E-state index contributed by atoms with van der Waals surface area (Å²) in [6, 6.07) is 0. The van der Waals surface area contributed by atoms with Gasteiger partial charge in [-0.05, 0) is 135 Å². The zero-order valence-corrected chi connectivity index (χ0v) is 51.1. The second-order valence-electron chi connectivity index (χ2n) is 20.9. The molecule has 0 saturated heterocycles. The lowest BCUT2D eigenvalue weighted by atomic mass is 10.0. The predicted octanol–water partition coefficient (Wildman–Crippen LogP) is 22.3. The molecule has 0 aliphatic heterocycles. The molecule has 0 saturated carbocycles. The number of carbonyl (C=O) groups excluding carboxylic acids is 3. The summed E-state index contributed by atoms with van der Waals surface area (Å²) in [4.78, 5) is 38.3. The molecule has 446 valence electrons. The Labute approximate surface area is 487 Å². The molecule has 0 aromatic carbocycles. The topological polar surface area (TPSA) is 78.9 Å². The molecule has 79 heavy (non-hydrogen) atoms. The van der Waals surface area contributed by atoms with Gasteiger partial charge >= 0.3 is 17.9 Å². The minimum absolute atomic E-state index is 0.0964. The lowest BCUT2D eigenvalue weighted by Crippen LogP contribution is -2.30. The Morgan fingerprint density at radius 3 is 0.722 bits per heavy atom. The summed E-state index contributed by atoms with van der Waals surface area (Å²) in [7, 11) is 0. The van der Waals surface area contributed by atoms with Gasteiger partial charge in [-0.15, -0.1) is 0 Å². The fourth-order valence-corrected chi connectivity index (χ4v) is 8.59. The van der Waals surface area contributed by atoms with Crippen LogP contribution < -0.4 is 0 Å². The van der Waals surface area contributed by atoms with E-state index in [9.17, 15) is 14.4 Å². The number of ether oxygens (including phenoxy) is 3. The molecule has 0 radical (unpaired) electrons. The summed E-state index contributed by atoms with van der Waals surface area (Å²) in [6.07, 6.45) is 94.3. The van der Waals surface area contributed by atoms with Crippen molar-refractivity contribution in [2.75, 3.05) is 13.2 Å². The maximum absolute atomic E-state index is 12.9. The maximum atomic E-state index is 12.9. The van der Waals surface area contributed by atoms with Crippen LogP contribution >= 0.6 is 0 Å². The van der Waals surface area contributed by atoms with Crippen LogP contribution in [0.2, 0.25) is 0 Å². The molecule has 0 N–H and O–H groups in total. The third kappa shape index (κ3) is 64.0. The number of carbonyl (C=O) groups is 3. The monoisotopic (exact) mass is 1090 g/mol. The number of unbranched alkanes of at least 4 members (excludes halogenated alkanes) is 22. The molecule has 0 fully saturated rings. The first-order valence-electron chi connectivity index (χ1n) is 32.3. The van der Waals surface area contributed by atoms with E-state index < -0.39 is 6.10 Å². The highest BCUT2D eigenvalue weighted by molar-refractivity contribution is 5.71. The van der Waals surface area contributed by atoms with Gasteiger partial charge in [0.1, 0.15) is 13.2 Å². The minimum atomic E-state index is -0.802. The third-order valence-corrected chi connectivity index (χ3v) is 13.3. The van der Waals surface area contributed by atoms with Gasteiger partial charge < -0.3 is 14.2 Å². The quantitative estimate of drug-likeness (QED) is 0.0261. The predicted molar refractivity (Wildman–Crippen MR) is 343 cm³/mol. The van der Waals surface area contributed by atoms with E-state index in [2.05, 4.69) is 167 Å². The lowest BCUT2D eigenvalue weighted by Gasteiger charge is -2.18. The molecule has 6 heteroatoms. The van der Waals surface area contributed by atoms with Gasteiger partial charge in [-0.25, -0.2) is 0 Å². The van der Waals surface area contributed by atoms with Crippen molar-refractivity contribution in [2.45, 2.75) is 284 Å². The molecule has 0 aromatic rings. The van der Waals surface area contributed by atoms with Crippen LogP contribution in [-0.2, 0) is 28.6 Å². The first kappa shape index (κ1) is 74.3. The molecule has 1 unspecified atom stereocenters. The van der Waals surface area contributed by atoms with E-state index in [4.69, 9.17) is 14.2 Å². The summed E-state index contributed by atoms with van der Waals surface area (Å²) >= 11 is 0. The molecule has 1 atom stereocenters. The van der Waals surface area contributed by atoms with Crippen LogP contribution in [0.3, 0.4) is 0 Å². The maximum Gasteiger partial charge on any atom is 0.306 e. The van der Waals surface area contributed by atoms with E-state index in [-0.39, 0.29) is 31.1 Å². The Balaban J connectivity index is 4.29. The van der Waals surface area contributed by atoms with Crippen LogP contribution in [0.5, 0.6) is 0 Å². The lowest BCUT2D eigenvalue weighted by molar-refractivity contribution is -0.167. The van der Waals surface area contributed by atoms with Gasteiger partial charge in [0.05, 0.1) is 0 Å². The summed E-state index contributed by atoms with van der Waals surface area (Å²) in [5.74, 6) is -0.938. The van der Waals surface area contributed by atoms with Gasteiger partial charge in [0.25, 0.3) is 0 Å². The number of hydrogen-bond acceptors (Lipinski definition) is 6. The Hall–Kier alpha value is -4.71. The first-order valence-corrected chi connectivity index (χ1v) is 32.3. The van der Waals surface area contributed by atoms with Crippen molar-refractivity contribution in [3.8, 4) is 0 Å². The second-order valence-corrected chi connectivity index (χ2v) is 20.9. The van der Waals surface area contributed by atoms with Crippen LogP contribution in [0.4, 0.5) is 0 Å². The molecule has 0 spiro atoms. The molecule has 0 aliphatic rings. The van der Waals surface area contributed by atoms with Crippen molar-refractivity contribution in [1.29, 1.82) is 0 Å². The van der Waals surface area contributed by atoms with E-state index in [1.54, 1.807) is 0 Å². The molecule has 0 bridgehead atoms. The van der Waals surface area contributed by atoms with Gasteiger partial charge in [-0.3, -0.25) is 14.4 Å². The van der Waals surface area contributed by atoms with Crippen molar-refractivity contribution in [2.24, 2.45) is 0 Å². The van der Waals surface area contributed by atoms with Crippen LogP contribution in [0, 0.1) is 0 Å². The number of allylic oxidation sites excluding steroid dienone is 24. The van der Waals surface area contributed by atoms with E-state index in [1.165, 1.54) is 89.9 Å². The smallest absolute Gasteiger partial charge is 0.306 e. The van der Waals surface area contributed by atoms with Gasteiger partial charge in [0.2, 0.25) is 0 Å². The molecule has 0 amide bonds. The van der Waals surface area contributed by atoms with Crippen LogP contribution in [0.1, 0.15) is 278 Å². The average molecular weight is 1090 g/mol. The summed E-state index contributed by atoms with van der Waals surface area (Å²) < 4.78 is 16.9. The fourth-order valence-electron chi connectivity index (χ4n) is 8.59. The van der Waals surface area contributed by atoms with Crippen molar-refractivity contribution in [3.63, 3.8) is 0 Å². The van der Waals surface area contributed by atoms with E-state index in [1.807, 2.05) is 0 Å². The fraction of sp³-hybridized carbons (Fsp3) is 0.630. The molecule has 0 aliphatic carbocycles. The summed E-state index contributed by atoms with van der Waals surface area (Å²) in [6.45, 7) is 6.27. The van der Waals surface area contributed by atoms with Crippen molar-refractivity contribution < 1.29 is 28.6 Å². The highest BCUT2D eigenvalue weighted by Crippen LogP contribution is 2.15. The molecule has 0 aromatic heterocycles. The van der Waals surface area contributed by atoms with Gasteiger partial charge in [0, 0.05) is 19.3 Å². The van der Waals surface area contributed by atoms with E-state index in [0.29, 0.717) is 19.3 Å². The van der Waals surface area contributed by atoms with Crippen molar-refractivity contribution in [1.82, 2.24) is 0 Å². The van der Waals surface area contributed by atoms with E-state index in [0.717, 1.165) is 148 Å². The molecule has 6 nitrogen and oxygen atoms in total. The number of esters is 3. The Bertz CT molecular complexity index is 1730. The van der Waals surface area contributed by atoms with Crippen molar-refractivity contribution in [3.05, 3.63) is 146 Å². The number of rotatable bonds is 57. The largest absolute Gasteiger partial charge is 0.462 e. The zero-order chi connectivity index (χ0) is 57.1. The van der Waals surface area contributed by atoms with Gasteiger partial charge in [-0.1, -0.05) is 269 Å². The molecule has 0 heterocycles. The molecular formula is C73H118O6. The Kier molecular flexibility index (Phi) is 61.9. The van der Waals surface area contributed by atoms with Crippen molar-refractivity contribution >= 4 is 17.9 Å². The highest BCUT2D eigenvalue weighted by Gasteiger charge is 2.19. The number of hydrogen-bond donors (Lipinski definition) is 0. The highest BCUT2D eigenvalue weighted by atomic mass is 16.6. The van der Waals surface area contributed by atoms with Crippen LogP contribution in [0.15, 0.2) is 146 Å². The normalized spacial score (nSPS) is 13.1. The summed E-state index contributed by atoms with van der Waals surface area (Å²) in [5, 5.41) is 0. The average Bonchev–Trinajstić information content (AvgIpc) is 3.45. The molecule has 0 rings (SSSR count). The first-order chi connectivity index (χ1) is 39.0. The Morgan fingerprint density at radius 2 is 0.456 bits per heavy atom. The molecular weight excluding hydrogens is 973 g/mol. The standard InChI is InChI=1S/C73H118O6/c1-4-7-10-13-16-19-22-25-27-29-30-31-32-33-34-35-36-37-38-39-40-41-42-44-45-48-51-54-57-60-63-66-72(75)78-69-70(68-77-71(74)65-62-59-56-53-50-47-24-21-18-15-12-9-6-3)79-73(76)67-64-61-58-55-52-49-46-43-28-26-23-20-17-14-11-8-5-2/h7-12,16-21,25-28,30-31,33-34,36-37,47,50,70H,4-6,13-15,22-24,29,32,35,38-46,48-49,51-69H2,1-3H3/b10-7-,11-8-,12-9-,19-16-,20-17-,21-18-,27-25-,28-26-,31-30-,34-33-,37-36-,50-47-. The minimum Gasteiger partial charge on any atom is -0.462 e. The zero-order valence-electron chi connectivity index (χ0n) is 51.1. The van der Waals surface area contributed by atoms with Gasteiger partial charge in [-0.2, -0.15) is 0 Å². The van der Waals surface area contributed by atoms with Crippen LogP contribution in [0.25, 0.3) is 0 Å².